The summed E-state index contributed by atoms with van der Waals surface area (Å²) >= 11 is 0. The SMILES string of the molecule is NCCc1ccc(OC2COC2)cc1. The van der Waals surface area contributed by atoms with Gasteiger partial charge in [-0.3, -0.25) is 0 Å². The third-order valence-electron chi connectivity index (χ3n) is 2.27. The molecule has 0 unspecified atom stereocenters. The van der Waals surface area contributed by atoms with Crippen molar-refractivity contribution in [3.8, 4) is 5.75 Å². The molecule has 0 aliphatic carbocycles. The van der Waals surface area contributed by atoms with Gasteiger partial charge in [-0.15, -0.1) is 0 Å². The number of hydrogen-bond acceptors (Lipinski definition) is 3. The van der Waals surface area contributed by atoms with Crippen LogP contribution in [-0.4, -0.2) is 25.9 Å². The van der Waals surface area contributed by atoms with E-state index in [1.807, 2.05) is 12.1 Å². The highest BCUT2D eigenvalue weighted by atomic mass is 16.6. The van der Waals surface area contributed by atoms with E-state index in [9.17, 15) is 0 Å². The van der Waals surface area contributed by atoms with E-state index in [1.54, 1.807) is 0 Å². The molecule has 1 aliphatic rings. The maximum absolute atomic E-state index is 5.63. The van der Waals surface area contributed by atoms with Crippen LogP contribution in [-0.2, 0) is 11.2 Å². The van der Waals surface area contributed by atoms with E-state index in [1.165, 1.54) is 5.56 Å². The maximum atomic E-state index is 5.63. The van der Waals surface area contributed by atoms with Crippen LogP contribution < -0.4 is 10.5 Å². The molecule has 1 aromatic rings. The molecule has 1 saturated heterocycles. The van der Waals surface area contributed by atoms with Crippen LogP contribution in [0.15, 0.2) is 24.3 Å². The van der Waals surface area contributed by atoms with Gasteiger partial charge in [0.15, 0.2) is 0 Å². The lowest BCUT2D eigenvalue weighted by atomic mass is 10.1. The predicted octanol–water partition coefficient (Wildman–Crippen LogP) is 0.965. The summed E-state index contributed by atoms with van der Waals surface area (Å²) in [5.74, 6) is 0.916. The Morgan fingerprint density at radius 3 is 2.50 bits per heavy atom. The third kappa shape index (κ3) is 2.25. The van der Waals surface area contributed by atoms with Gasteiger partial charge in [0.1, 0.15) is 11.9 Å². The van der Waals surface area contributed by atoms with Crippen molar-refractivity contribution >= 4 is 0 Å². The Morgan fingerprint density at radius 2 is 2.00 bits per heavy atom. The van der Waals surface area contributed by atoms with Crippen molar-refractivity contribution in [3.63, 3.8) is 0 Å². The number of benzene rings is 1. The lowest BCUT2D eigenvalue weighted by molar-refractivity contribution is -0.0796. The fourth-order valence-corrected chi connectivity index (χ4v) is 1.38. The molecule has 1 heterocycles. The van der Waals surface area contributed by atoms with Gasteiger partial charge in [0, 0.05) is 0 Å². The van der Waals surface area contributed by atoms with Gasteiger partial charge in [-0.1, -0.05) is 12.1 Å². The van der Waals surface area contributed by atoms with E-state index in [0.29, 0.717) is 19.8 Å². The number of nitrogens with two attached hydrogens (primary N) is 1. The Kier molecular flexibility index (Phi) is 3.01. The van der Waals surface area contributed by atoms with Crippen LogP contribution in [0.5, 0.6) is 5.75 Å². The lowest BCUT2D eigenvalue weighted by Gasteiger charge is -2.26. The molecule has 0 aromatic heterocycles. The molecule has 1 aromatic carbocycles. The topological polar surface area (TPSA) is 44.5 Å². The smallest absolute Gasteiger partial charge is 0.145 e. The maximum Gasteiger partial charge on any atom is 0.145 e. The average molecular weight is 193 g/mol. The van der Waals surface area contributed by atoms with Crippen molar-refractivity contribution in [2.45, 2.75) is 12.5 Å². The van der Waals surface area contributed by atoms with Crippen molar-refractivity contribution < 1.29 is 9.47 Å². The van der Waals surface area contributed by atoms with E-state index in [-0.39, 0.29) is 6.10 Å². The van der Waals surface area contributed by atoms with Crippen LogP contribution in [0, 0.1) is 0 Å². The summed E-state index contributed by atoms with van der Waals surface area (Å²) in [7, 11) is 0. The fraction of sp³-hybridized carbons (Fsp3) is 0.455. The summed E-state index contributed by atoms with van der Waals surface area (Å²) in [5.41, 5.74) is 6.72. The van der Waals surface area contributed by atoms with Crippen LogP contribution in [0.25, 0.3) is 0 Å². The van der Waals surface area contributed by atoms with Crippen LogP contribution in [0.1, 0.15) is 5.56 Å². The van der Waals surface area contributed by atoms with Crippen molar-refractivity contribution in [3.05, 3.63) is 29.8 Å². The number of hydrogen-bond donors (Lipinski definition) is 1. The normalized spacial score (nSPS) is 16.4. The van der Waals surface area contributed by atoms with Crippen LogP contribution >= 0.6 is 0 Å². The van der Waals surface area contributed by atoms with Crippen molar-refractivity contribution in [2.24, 2.45) is 5.73 Å². The van der Waals surface area contributed by atoms with Crippen LogP contribution in [0.2, 0.25) is 0 Å². The molecular weight excluding hydrogens is 178 g/mol. The molecular formula is C11H15NO2. The number of rotatable bonds is 4. The van der Waals surface area contributed by atoms with Crippen LogP contribution in [0.4, 0.5) is 0 Å². The van der Waals surface area contributed by atoms with Crippen molar-refractivity contribution in [1.82, 2.24) is 0 Å². The van der Waals surface area contributed by atoms with Gasteiger partial charge in [0.25, 0.3) is 0 Å². The second-order valence-corrected chi connectivity index (χ2v) is 3.46. The molecule has 3 heteroatoms. The molecule has 0 bridgehead atoms. The molecule has 0 atom stereocenters. The van der Waals surface area contributed by atoms with Gasteiger partial charge in [0.05, 0.1) is 13.2 Å². The molecule has 1 aliphatic heterocycles. The minimum Gasteiger partial charge on any atom is -0.486 e. The van der Waals surface area contributed by atoms with Gasteiger partial charge < -0.3 is 15.2 Å². The summed E-state index contributed by atoms with van der Waals surface area (Å²) in [6, 6.07) is 8.09. The molecule has 0 saturated carbocycles. The molecule has 0 radical (unpaired) electrons. The van der Waals surface area contributed by atoms with E-state index in [4.69, 9.17) is 15.2 Å². The van der Waals surface area contributed by atoms with Gasteiger partial charge in [-0.05, 0) is 30.7 Å². The first kappa shape index (κ1) is 9.49. The fourth-order valence-electron chi connectivity index (χ4n) is 1.38. The summed E-state index contributed by atoms with van der Waals surface area (Å²) in [5, 5.41) is 0. The van der Waals surface area contributed by atoms with Gasteiger partial charge in [-0.25, -0.2) is 0 Å². The molecule has 3 nitrogen and oxygen atoms in total. The zero-order valence-corrected chi connectivity index (χ0v) is 8.11. The Labute approximate surface area is 83.8 Å². The minimum atomic E-state index is 0.246. The van der Waals surface area contributed by atoms with Gasteiger partial charge in [0.2, 0.25) is 0 Å². The molecule has 14 heavy (non-hydrogen) atoms. The molecule has 0 amide bonds. The summed E-state index contributed by atoms with van der Waals surface area (Å²) < 4.78 is 10.7. The van der Waals surface area contributed by atoms with Crippen molar-refractivity contribution in [2.75, 3.05) is 19.8 Å². The van der Waals surface area contributed by atoms with Gasteiger partial charge in [-0.2, -0.15) is 0 Å². The third-order valence-corrected chi connectivity index (χ3v) is 2.27. The lowest BCUT2D eigenvalue weighted by Crippen LogP contribution is -2.38. The molecule has 76 valence electrons. The standard InChI is InChI=1S/C11H15NO2/c12-6-5-9-1-3-10(4-2-9)14-11-7-13-8-11/h1-4,11H,5-8,12H2. The Morgan fingerprint density at radius 1 is 1.29 bits per heavy atom. The average Bonchev–Trinajstić information content (AvgIpc) is 2.14. The summed E-state index contributed by atoms with van der Waals surface area (Å²) in [6.07, 6.45) is 1.17. The first-order valence-corrected chi connectivity index (χ1v) is 4.92. The van der Waals surface area contributed by atoms with E-state index >= 15 is 0 Å². The zero-order valence-electron chi connectivity index (χ0n) is 8.11. The van der Waals surface area contributed by atoms with E-state index in [0.717, 1.165) is 12.2 Å². The Balaban J connectivity index is 1.91. The Bertz CT molecular complexity index is 280. The second-order valence-electron chi connectivity index (χ2n) is 3.46. The highest BCUT2D eigenvalue weighted by molar-refractivity contribution is 5.27. The zero-order chi connectivity index (χ0) is 9.80. The van der Waals surface area contributed by atoms with Gasteiger partial charge >= 0.3 is 0 Å². The van der Waals surface area contributed by atoms with E-state index in [2.05, 4.69) is 12.1 Å². The molecule has 0 spiro atoms. The molecule has 1 fully saturated rings. The van der Waals surface area contributed by atoms with Crippen molar-refractivity contribution in [1.29, 1.82) is 0 Å². The van der Waals surface area contributed by atoms with Crippen LogP contribution in [0.3, 0.4) is 0 Å². The highest BCUT2D eigenvalue weighted by Gasteiger charge is 2.19. The summed E-state index contributed by atoms with van der Waals surface area (Å²) in [4.78, 5) is 0. The highest BCUT2D eigenvalue weighted by Crippen LogP contribution is 2.16. The monoisotopic (exact) mass is 193 g/mol. The van der Waals surface area contributed by atoms with E-state index < -0.39 is 0 Å². The minimum absolute atomic E-state index is 0.246. The first-order valence-electron chi connectivity index (χ1n) is 4.92. The largest absolute Gasteiger partial charge is 0.486 e. The Hall–Kier alpha value is -1.06. The second kappa shape index (κ2) is 4.44. The number of ether oxygens (including phenoxy) is 2. The first-order chi connectivity index (χ1) is 6.88. The molecule has 2 rings (SSSR count). The summed E-state index contributed by atoms with van der Waals surface area (Å²) in [6.45, 7) is 2.12. The molecule has 2 N–H and O–H groups in total. The predicted molar refractivity (Wildman–Crippen MR) is 54.4 cm³/mol. The quantitative estimate of drug-likeness (QED) is 0.774.